The normalized spacial score (nSPS) is 19.1. The van der Waals surface area contributed by atoms with E-state index >= 15 is 0 Å². The molecule has 2 atom stereocenters. The second-order valence-corrected chi connectivity index (χ2v) is 7.45. The number of likely N-dealkylation sites (tertiary alicyclic amines) is 1. The molecule has 1 fully saturated rings. The van der Waals surface area contributed by atoms with E-state index in [1.165, 1.54) is 16.7 Å². The number of nitrogens with zero attached hydrogens (tertiary/aromatic N) is 1. The van der Waals surface area contributed by atoms with E-state index in [4.69, 9.17) is 0 Å². The van der Waals surface area contributed by atoms with Gasteiger partial charge in [0.25, 0.3) is 0 Å². The van der Waals surface area contributed by atoms with Gasteiger partial charge in [-0.3, -0.25) is 4.90 Å². The van der Waals surface area contributed by atoms with Gasteiger partial charge in [-0.05, 0) is 36.5 Å². The number of aliphatic hydroxyl groups is 1. The molecule has 0 spiro atoms. The minimum atomic E-state index is -0.415. The number of benzene rings is 3. The molecule has 1 heterocycles. The van der Waals surface area contributed by atoms with Gasteiger partial charge in [0.05, 0.1) is 11.6 Å². The van der Waals surface area contributed by atoms with Gasteiger partial charge in [0, 0.05) is 12.6 Å². The molecule has 4 rings (SSSR count). The van der Waals surface area contributed by atoms with Crippen LogP contribution in [0.4, 0.5) is 0 Å². The van der Waals surface area contributed by atoms with Crippen LogP contribution in [0.2, 0.25) is 0 Å². The quantitative estimate of drug-likeness (QED) is 0.662. The van der Waals surface area contributed by atoms with Gasteiger partial charge in [0.15, 0.2) is 0 Å². The van der Waals surface area contributed by atoms with Crippen molar-refractivity contribution in [3.63, 3.8) is 0 Å². The van der Waals surface area contributed by atoms with Crippen LogP contribution in [-0.4, -0.2) is 28.7 Å². The minimum Gasteiger partial charge on any atom is -0.392 e. The lowest BCUT2D eigenvalue weighted by molar-refractivity contribution is 0.0435. The Morgan fingerprint density at radius 3 is 1.56 bits per heavy atom. The summed E-state index contributed by atoms with van der Waals surface area (Å²) in [6.07, 6.45) is 1.75. The van der Waals surface area contributed by atoms with E-state index in [1.54, 1.807) is 0 Å². The lowest BCUT2D eigenvalue weighted by Crippen LogP contribution is -2.53. The molecule has 1 N–H and O–H groups in total. The van der Waals surface area contributed by atoms with Crippen LogP contribution in [0.1, 0.15) is 36.5 Å². The van der Waals surface area contributed by atoms with E-state index in [0.29, 0.717) is 0 Å². The standard InChI is InChI=1S/C25H27NO/c1-20(27)24-18-11-19-26(24)25(21-12-5-2-6-13-21,22-14-7-3-8-15-22)23-16-9-4-10-17-23/h2-10,12-17,20,24,27H,11,18-19H2,1H3/t20?,24-/m0/s1. The molecule has 0 aliphatic carbocycles. The van der Waals surface area contributed by atoms with Crippen LogP contribution in [0, 0.1) is 0 Å². The van der Waals surface area contributed by atoms with E-state index < -0.39 is 5.54 Å². The van der Waals surface area contributed by atoms with E-state index in [0.717, 1.165) is 19.4 Å². The van der Waals surface area contributed by atoms with E-state index in [1.807, 2.05) is 6.92 Å². The first kappa shape index (κ1) is 18.0. The maximum Gasteiger partial charge on any atom is 0.0976 e. The molecule has 1 unspecified atom stereocenters. The Morgan fingerprint density at radius 1 is 0.778 bits per heavy atom. The van der Waals surface area contributed by atoms with Crippen LogP contribution in [0.3, 0.4) is 0 Å². The van der Waals surface area contributed by atoms with Crippen LogP contribution in [0.15, 0.2) is 91.0 Å². The van der Waals surface area contributed by atoms with Gasteiger partial charge >= 0.3 is 0 Å². The molecular formula is C25H27NO. The van der Waals surface area contributed by atoms with Crippen molar-refractivity contribution in [1.82, 2.24) is 4.90 Å². The maximum absolute atomic E-state index is 10.6. The third-order valence-corrected chi connectivity index (χ3v) is 5.86. The number of hydrogen-bond donors (Lipinski definition) is 1. The average molecular weight is 357 g/mol. The zero-order valence-electron chi connectivity index (χ0n) is 15.8. The Kier molecular flexibility index (Phi) is 5.11. The van der Waals surface area contributed by atoms with Gasteiger partial charge in [-0.25, -0.2) is 0 Å². The molecule has 2 heteroatoms. The van der Waals surface area contributed by atoms with Crippen molar-refractivity contribution >= 4 is 0 Å². The van der Waals surface area contributed by atoms with E-state index in [-0.39, 0.29) is 12.1 Å². The second kappa shape index (κ2) is 7.67. The molecule has 2 nitrogen and oxygen atoms in total. The lowest BCUT2D eigenvalue weighted by Gasteiger charge is -2.47. The molecule has 1 aliphatic heterocycles. The number of hydrogen-bond acceptors (Lipinski definition) is 2. The predicted octanol–water partition coefficient (Wildman–Crippen LogP) is 4.82. The first-order valence-electron chi connectivity index (χ1n) is 9.86. The summed E-state index contributed by atoms with van der Waals surface area (Å²) < 4.78 is 0. The van der Waals surface area contributed by atoms with Crippen LogP contribution in [-0.2, 0) is 5.54 Å². The summed E-state index contributed by atoms with van der Waals surface area (Å²) in [7, 11) is 0. The van der Waals surface area contributed by atoms with Crippen molar-refractivity contribution < 1.29 is 5.11 Å². The number of aliphatic hydroxyl groups excluding tert-OH is 1. The predicted molar refractivity (Wildman–Crippen MR) is 111 cm³/mol. The van der Waals surface area contributed by atoms with Gasteiger partial charge in [-0.1, -0.05) is 91.0 Å². The summed E-state index contributed by atoms with van der Waals surface area (Å²) in [5.74, 6) is 0. The van der Waals surface area contributed by atoms with Crippen molar-refractivity contribution in [2.45, 2.75) is 37.5 Å². The summed E-state index contributed by atoms with van der Waals surface area (Å²) in [5, 5.41) is 10.6. The topological polar surface area (TPSA) is 23.5 Å². The lowest BCUT2D eigenvalue weighted by atomic mass is 9.75. The molecule has 1 saturated heterocycles. The smallest absolute Gasteiger partial charge is 0.0976 e. The van der Waals surface area contributed by atoms with E-state index in [9.17, 15) is 5.11 Å². The summed E-state index contributed by atoms with van der Waals surface area (Å²) in [6.45, 7) is 2.89. The van der Waals surface area contributed by atoms with Crippen molar-refractivity contribution in [1.29, 1.82) is 0 Å². The van der Waals surface area contributed by atoms with Crippen molar-refractivity contribution in [2.75, 3.05) is 6.54 Å². The maximum atomic E-state index is 10.6. The highest BCUT2D eigenvalue weighted by Crippen LogP contribution is 2.46. The van der Waals surface area contributed by atoms with Gasteiger partial charge in [-0.2, -0.15) is 0 Å². The molecule has 0 amide bonds. The third-order valence-electron chi connectivity index (χ3n) is 5.86. The van der Waals surface area contributed by atoms with Gasteiger partial charge in [0.2, 0.25) is 0 Å². The largest absolute Gasteiger partial charge is 0.392 e. The molecule has 1 aliphatic rings. The zero-order valence-corrected chi connectivity index (χ0v) is 15.8. The summed E-state index contributed by atoms with van der Waals surface area (Å²) in [4.78, 5) is 2.53. The van der Waals surface area contributed by atoms with Gasteiger partial charge in [0.1, 0.15) is 0 Å². The fourth-order valence-corrected chi connectivity index (χ4v) is 4.75. The first-order valence-corrected chi connectivity index (χ1v) is 9.86. The van der Waals surface area contributed by atoms with Crippen molar-refractivity contribution in [2.24, 2.45) is 0 Å². The second-order valence-electron chi connectivity index (χ2n) is 7.45. The summed E-state index contributed by atoms with van der Waals surface area (Å²) >= 11 is 0. The summed E-state index contributed by atoms with van der Waals surface area (Å²) in [5.41, 5.74) is 3.32. The number of rotatable bonds is 5. The molecule has 0 saturated carbocycles. The third kappa shape index (κ3) is 3.09. The summed E-state index contributed by atoms with van der Waals surface area (Å²) in [6, 6.07) is 32.3. The van der Waals surface area contributed by atoms with Crippen molar-refractivity contribution in [3.05, 3.63) is 108 Å². The van der Waals surface area contributed by atoms with Crippen LogP contribution >= 0.6 is 0 Å². The highest BCUT2D eigenvalue weighted by atomic mass is 16.3. The first-order chi connectivity index (χ1) is 13.2. The molecule has 3 aromatic rings. The van der Waals surface area contributed by atoms with Crippen LogP contribution < -0.4 is 0 Å². The van der Waals surface area contributed by atoms with Crippen molar-refractivity contribution in [3.8, 4) is 0 Å². The highest BCUT2D eigenvalue weighted by Gasteiger charge is 2.47. The Balaban J connectivity index is 2.04. The minimum absolute atomic E-state index is 0.130. The Labute approximate surface area is 162 Å². The Hall–Kier alpha value is -2.42. The molecule has 0 bridgehead atoms. The fraction of sp³-hybridized carbons (Fsp3) is 0.280. The fourth-order valence-electron chi connectivity index (χ4n) is 4.75. The molecule has 3 aromatic carbocycles. The van der Waals surface area contributed by atoms with Crippen LogP contribution in [0.5, 0.6) is 0 Å². The average Bonchev–Trinajstić information content (AvgIpc) is 3.22. The Bertz CT molecular complexity index is 749. The monoisotopic (exact) mass is 357 g/mol. The molecule has 138 valence electrons. The van der Waals surface area contributed by atoms with Crippen LogP contribution in [0.25, 0.3) is 0 Å². The van der Waals surface area contributed by atoms with Gasteiger partial charge in [-0.15, -0.1) is 0 Å². The highest BCUT2D eigenvalue weighted by molar-refractivity contribution is 5.50. The van der Waals surface area contributed by atoms with Gasteiger partial charge < -0.3 is 5.11 Å². The Morgan fingerprint density at radius 2 is 1.19 bits per heavy atom. The molecule has 0 radical (unpaired) electrons. The molecular weight excluding hydrogens is 330 g/mol. The molecule has 0 aromatic heterocycles. The SMILES string of the molecule is CC(O)[C@@H]1CCCN1C(c1ccccc1)(c1ccccc1)c1ccccc1. The van der Waals surface area contributed by atoms with E-state index in [2.05, 4.69) is 95.9 Å². The zero-order chi connectivity index (χ0) is 18.7. The molecule has 27 heavy (non-hydrogen) atoms.